The van der Waals surface area contributed by atoms with Crippen LogP contribution in [0.2, 0.25) is 5.02 Å². The molecule has 1 heterocycles. The van der Waals surface area contributed by atoms with Crippen LogP contribution in [-0.4, -0.2) is 60.9 Å². The highest BCUT2D eigenvalue weighted by Crippen LogP contribution is 2.15. The third-order valence-corrected chi connectivity index (χ3v) is 3.71. The molecule has 0 bridgehead atoms. The molecule has 2 N–H and O–H groups in total. The maximum Gasteiger partial charge on any atom is 0.254 e. The molecule has 7 heteroatoms. The smallest absolute Gasteiger partial charge is 0.254 e. The van der Waals surface area contributed by atoms with Gasteiger partial charge in [0.25, 0.3) is 5.91 Å². The van der Waals surface area contributed by atoms with Crippen LogP contribution >= 0.6 is 11.6 Å². The molecule has 1 fully saturated rings. The number of ether oxygens (including phenoxy) is 1. The van der Waals surface area contributed by atoms with Gasteiger partial charge in [0.05, 0.1) is 24.4 Å². The van der Waals surface area contributed by atoms with E-state index >= 15 is 0 Å². The Morgan fingerprint density at radius 1 is 1.50 bits per heavy atom. The quantitative estimate of drug-likeness (QED) is 0.854. The van der Waals surface area contributed by atoms with Crippen LogP contribution in [0, 0.1) is 5.82 Å². The fourth-order valence-corrected chi connectivity index (χ4v) is 2.51. The molecule has 122 valence electrons. The third-order valence-electron chi connectivity index (χ3n) is 3.47. The van der Waals surface area contributed by atoms with Gasteiger partial charge in [-0.1, -0.05) is 11.6 Å². The number of halogens is 2. The Morgan fingerprint density at radius 3 is 2.86 bits per heavy atom. The number of β-amino-alcohol motifs (C(OH)–C–C–N with tert-alkyl or cyclic N) is 1. The van der Waals surface area contributed by atoms with Crippen LogP contribution < -0.4 is 5.32 Å². The lowest BCUT2D eigenvalue weighted by Crippen LogP contribution is -2.51. The fourth-order valence-electron chi connectivity index (χ4n) is 2.33. The number of hydrogen-bond acceptors (Lipinski definition) is 4. The number of amides is 1. The Hall–Kier alpha value is -1.21. The Morgan fingerprint density at radius 2 is 2.18 bits per heavy atom. The van der Waals surface area contributed by atoms with Gasteiger partial charge in [0, 0.05) is 31.2 Å². The van der Waals surface area contributed by atoms with Gasteiger partial charge in [-0.2, -0.15) is 0 Å². The second-order valence-electron chi connectivity index (χ2n) is 5.69. The van der Waals surface area contributed by atoms with Crippen molar-refractivity contribution >= 4 is 17.5 Å². The molecule has 5 nitrogen and oxygen atoms in total. The number of morpholine rings is 1. The first-order valence-electron chi connectivity index (χ1n) is 7.13. The summed E-state index contributed by atoms with van der Waals surface area (Å²) in [5, 5.41) is 13.2. The molecule has 1 unspecified atom stereocenters. The number of carbonyl (C=O) groups is 1. The van der Waals surface area contributed by atoms with E-state index in [1.54, 1.807) is 6.92 Å². The molecular formula is C15H20ClFN2O3. The number of nitrogens with zero attached hydrogens (tertiary/aromatic N) is 1. The minimum Gasteiger partial charge on any atom is -0.387 e. The summed E-state index contributed by atoms with van der Waals surface area (Å²) >= 11 is 5.77. The maximum absolute atomic E-state index is 13.6. The first-order chi connectivity index (χ1) is 10.4. The van der Waals surface area contributed by atoms with Crippen molar-refractivity contribution in [1.29, 1.82) is 0 Å². The molecule has 1 aromatic rings. The number of benzene rings is 1. The van der Waals surface area contributed by atoms with E-state index in [1.807, 2.05) is 0 Å². The molecule has 0 radical (unpaired) electrons. The molecule has 0 spiro atoms. The highest BCUT2D eigenvalue weighted by atomic mass is 35.5. The molecule has 22 heavy (non-hydrogen) atoms. The van der Waals surface area contributed by atoms with Gasteiger partial charge < -0.3 is 15.2 Å². The van der Waals surface area contributed by atoms with Crippen molar-refractivity contribution in [2.45, 2.75) is 12.5 Å². The molecule has 1 aliphatic heterocycles. The molecule has 1 aromatic carbocycles. The van der Waals surface area contributed by atoms with E-state index in [1.165, 1.54) is 12.1 Å². The minimum atomic E-state index is -1.11. The Bertz CT molecular complexity index is 534. The van der Waals surface area contributed by atoms with Crippen molar-refractivity contribution in [3.05, 3.63) is 34.6 Å². The van der Waals surface area contributed by atoms with Gasteiger partial charge in [-0.25, -0.2) is 4.39 Å². The van der Waals surface area contributed by atoms with E-state index in [0.29, 0.717) is 19.8 Å². The van der Waals surface area contributed by atoms with E-state index < -0.39 is 17.3 Å². The van der Waals surface area contributed by atoms with Crippen LogP contribution in [0.1, 0.15) is 17.3 Å². The Balaban J connectivity index is 1.90. The summed E-state index contributed by atoms with van der Waals surface area (Å²) in [7, 11) is 0. The average molecular weight is 331 g/mol. The molecule has 2 rings (SSSR count). The molecule has 1 amide bonds. The summed E-state index contributed by atoms with van der Waals surface area (Å²) in [4.78, 5) is 14.1. The molecule has 0 aliphatic carbocycles. The zero-order valence-corrected chi connectivity index (χ0v) is 13.2. The van der Waals surface area contributed by atoms with Gasteiger partial charge in [-0.3, -0.25) is 9.69 Å². The monoisotopic (exact) mass is 330 g/mol. The lowest BCUT2D eigenvalue weighted by Gasteiger charge is -2.33. The van der Waals surface area contributed by atoms with E-state index in [4.69, 9.17) is 16.3 Å². The van der Waals surface area contributed by atoms with E-state index in [-0.39, 0.29) is 17.1 Å². The SMILES string of the molecule is CC(O)(CNC(=O)c1cc(Cl)ccc1F)CN1CCOCC1. The molecule has 0 saturated carbocycles. The van der Waals surface area contributed by atoms with Crippen molar-refractivity contribution in [3.63, 3.8) is 0 Å². The van der Waals surface area contributed by atoms with Crippen molar-refractivity contribution in [3.8, 4) is 0 Å². The van der Waals surface area contributed by atoms with Crippen molar-refractivity contribution in [2.24, 2.45) is 0 Å². The minimum absolute atomic E-state index is 0.0230. The lowest BCUT2D eigenvalue weighted by atomic mass is 10.1. The average Bonchev–Trinajstić information content (AvgIpc) is 2.48. The van der Waals surface area contributed by atoms with E-state index in [0.717, 1.165) is 19.2 Å². The molecular weight excluding hydrogens is 311 g/mol. The summed E-state index contributed by atoms with van der Waals surface area (Å²) in [6.07, 6.45) is 0. The van der Waals surface area contributed by atoms with Gasteiger partial charge in [0.2, 0.25) is 0 Å². The van der Waals surface area contributed by atoms with Crippen LogP contribution in [-0.2, 0) is 4.74 Å². The fraction of sp³-hybridized carbons (Fsp3) is 0.533. The van der Waals surface area contributed by atoms with Crippen LogP contribution in [0.3, 0.4) is 0 Å². The zero-order chi connectivity index (χ0) is 16.2. The Kier molecular flexibility index (Phi) is 5.74. The number of rotatable bonds is 5. The zero-order valence-electron chi connectivity index (χ0n) is 12.4. The molecule has 0 aromatic heterocycles. The summed E-state index contributed by atoms with van der Waals surface area (Å²) in [6, 6.07) is 3.79. The number of nitrogens with one attached hydrogen (secondary N) is 1. The van der Waals surface area contributed by atoms with E-state index in [9.17, 15) is 14.3 Å². The summed E-state index contributed by atoms with van der Waals surface area (Å²) in [6.45, 7) is 4.83. The number of aliphatic hydroxyl groups is 1. The second-order valence-corrected chi connectivity index (χ2v) is 6.13. The predicted molar refractivity (Wildman–Crippen MR) is 81.6 cm³/mol. The van der Waals surface area contributed by atoms with Crippen LogP contribution in [0.25, 0.3) is 0 Å². The summed E-state index contributed by atoms with van der Waals surface area (Å²) in [5.74, 6) is -1.24. The highest BCUT2D eigenvalue weighted by molar-refractivity contribution is 6.30. The van der Waals surface area contributed by atoms with Crippen LogP contribution in [0.15, 0.2) is 18.2 Å². The Labute approximate surface area is 134 Å². The van der Waals surface area contributed by atoms with Gasteiger partial charge in [-0.15, -0.1) is 0 Å². The summed E-state index contributed by atoms with van der Waals surface area (Å²) < 4.78 is 18.9. The standard InChI is InChI=1S/C15H20ClFN2O3/c1-15(21,10-19-4-6-22-7-5-19)9-18-14(20)12-8-11(16)2-3-13(12)17/h2-3,8,21H,4-7,9-10H2,1H3,(H,18,20). The normalized spacial score (nSPS) is 18.7. The van der Waals surface area contributed by atoms with Gasteiger partial charge >= 0.3 is 0 Å². The van der Waals surface area contributed by atoms with Gasteiger partial charge in [0.1, 0.15) is 5.82 Å². The van der Waals surface area contributed by atoms with Gasteiger partial charge in [-0.05, 0) is 25.1 Å². The largest absolute Gasteiger partial charge is 0.387 e. The number of carbonyl (C=O) groups excluding carboxylic acids is 1. The third kappa shape index (κ3) is 4.91. The number of hydrogen-bond donors (Lipinski definition) is 2. The lowest BCUT2D eigenvalue weighted by molar-refractivity contribution is -0.0213. The predicted octanol–water partition coefficient (Wildman–Crippen LogP) is 1.29. The van der Waals surface area contributed by atoms with Crippen LogP contribution in [0.5, 0.6) is 0 Å². The maximum atomic E-state index is 13.6. The highest BCUT2D eigenvalue weighted by Gasteiger charge is 2.26. The first kappa shape index (κ1) is 17.1. The van der Waals surface area contributed by atoms with Crippen molar-refractivity contribution < 1.29 is 19.0 Å². The molecule has 1 atom stereocenters. The summed E-state index contributed by atoms with van der Waals surface area (Å²) in [5.41, 5.74) is -1.24. The molecule has 1 saturated heterocycles. The van der Waals surface area contributed by atoms with Gasteiger partial charge in [0.15, 0.2) is 0 Å². The van der Waals surface area contributed by atoms with Crippen LogP contribution in [0.4, 0.5) is 4.39 Å². The van der Waals surface area contributed by atoms with Crippen molar-refractivity contribution in [2.75, 3.05) is 39.4 Å². The topological polar surface area (TPSA) is 61.8 Å². The van der Waals surface area contributed by atoms with E-state index in [2.05, 4.69) is 10.2 Å². The first-order valence-corrected chi connectivity index (χ1v) is 7.51. The second kappa shape index (κ2) is 7.37. The van der Waals surface area contributed by atoms with Crippen molar-refractivity contribution in [1.82, 2.24) is 10.2 Å². The molecule has 1 aliphatic rings.